The Hall–Kier alpha value is -3.01. The van der Waals surface area contributed by atoms with Gasteiger partial charge < -0.3 is 24.3 Å². The third kappa shape index (κ3) is 4.05. The van der Waals surface area contributed by atoms with E-state index in [1.54, 1.807) is 0 Å². The van der Waals surface area contributed by atoms with Gasteiger partial charge in [-0.3, -0.25) is 14.9 Å². The van der Waals surface area contributed by atoms with E-state index >= 15 is 0 Å². The maximum Gasteiger partial charge on any atom is 0.312 e. The fourth-order valence-electron chi connectivity index (χ4n) is 2.40. The van der Waals surface area contributed by atoms with E-state index in [4.69, 9.17) is 18.9 Å². The number of anilines is 1. The summed E-state index contributed by atoms with van der Waals surface area (Å²) in [6.07, 6.45) is 0. The molecule has 0 atom stereocenters. The van der Waals surface area contributed by atoms with Gasteiger partial charge >= 0.3 is 5.69 Å². The summed E-state index contributed by atoms with van der Waals surface area (Å²) in [6.45, 7) is 0. The quantitative estimate of drug-likeness (QED) is 0.516. The van der Waals surface area contributed by atoms with Gasteiger partial charge in [0.05, 0.1) is 43.4 Å². The van der Waals surface area contributed by atoms with Crippen LogP contribution in [0.3, 0.4) is 0 Å². The molecule has 0 heterocycles. The van der Waals surface area contributed by atoms with E-state index in [-0.39, 0.29) is 28.4 Å². The average Bonchev–Trinajstić information content (AvgIpc) is 2.67. The highest BCUT2D eigenvalue weighted by molar-refractivity contribution is 9.10. The van der Waals surface area contributed by atoms with Gasteiger partial charge in [0.15, 0.2) is 17.2 Å². The van der Waals surface area contributed by atoms with Gasteiger partial charge in [0.25, 0.3) is 5.91 Å². The van der Waals surface area contributed by atoms with E-state index in [9.17, 15) is 14.9 Å². The number of ether oxygens (including phenoxy) is 4. The summed E-state index contributed by atoms with van der Waals surface area (Å²) in [4.78, 5) is 23.3. The maximum atomic E-state index is 12.7. The van der Waals surface area contributed by atoms with Crippen LogP contribution in [0.5, 0.6) is 23.0 Å². The molecule has 0 radical (unpaired) electrons. The van der Waals surface area contributed by atoms with Crippen LogP contribution >= 0.6 is 15.9 Å². The van der Waals surface area contributed by atoms with Crippen molar-refractivity contribution < 1.29 is 28.7 Å². The first-order chi connectivity index (χ1) is 12.9. The zero-order chi connectivity index (χ0) is 20.1. The molecule has 1 N–H and O–H groups in total. The Labute approximate surface area is 163 Å². The number of methoxy groups -OCH3 is 4. The molecule has 10 heteroatoms. The lowest BCUT2D eigenvalue weighted by Gasteiger charge is -2.16. The second kappa shape index (κ2) is 8.58. The minimum absolute atomic E-state index is 0.0898. The van der Waals surface area contributed by atoms with Crippen molar-refractivity contribution in [1.82, 2.24) is 0 Å². The molecule has 2 aromatic carbocycles. The molecule has 0 spiro atoms. The van der Waals surface area contributed by atoms with E-state index in [1.807, 2.05) is 0 Å². The number of rotatable bonds is 7. The van der Waals surface area contributed by atoms with E-state index in [2.05, 4.69) is 21.2 Å². The molecule has 0 aromatic heterocycles. The number of carbonyl (C=O) groups is 1. The van der Waals surface area contributed by atoms with Crippen LogP contribution < -0.4 is 24.3 Å². The summed E-state index contributed by atoms with van der Waals surface area (Å²) >= 11 is 3.32. The second-order valence-corrected chi connectivity index (χ2v) is 5.90. The molecule has 0 aliphatic carbocycles. The number of nitro benzene ring substituents is 1. The molecular weight excluding hydrogens is 424 g/mol. The molecule has 0 unspecified atom stereocenters. The first-order valence-electron chi connectivity index (χ1n) is 7.50. The van der Waals surface area contributed by atoms with E-state index < -0.39 is 10.8 Å². The number of halogens is 1. The van der Waals surface area contributed by atoms with Crippen LogP contribution in [0.15, 0.2) is 28.7 Å². The average molecular weight is 441 g/mol. The van der Waals surface area contributed by atoms with Crippen molar-refractivity contribution in [2.45, 2.75) is 0 Å². The molecular formula is C17H17BrN2O7. The van der Waals surface area contributed by atoms with Crippen LogP contribution in [-0.2, 0) is 0 Å². The second-order valence-electron chi connectivity index (χ2n) is 5.10. The molecule has 0 saturated heterocycles. The predicted octanol–water partition coefficient (Wildman–Crippen LogP) is 3.64. The first-order valence-corrected chi connectivity index (χ1v) is 8.29. The van der Waals surface area contributed by atoms with Crippen molar-refractivity contribution in [3.63, 3.8) is 0 Å². The lowest BCUT2D eigenvalue weighted by Crippen LogP contribution is -2.14. The van der Waals surface area contributed by atoms with Crippen molar-refractivity contribution in [3.05, 3.63) is 44.4 Å². The molecule has 0 bridgehead atoms. The van der Waals surface area contributed by atoms with Crippen molar-refractivity contribution >= 4 is 33.2 Å². The zero-order valence-corrected chi connectivity index (χ0v) is 16.6. The van der Waals surface area contributed by atoms with Crippen LogP contribution in [0.25, 0.3) is 0 Å². The molecule has 0 saturated carbocycles. The normalized spacial score (nSPS) is 10.1. The number of hydrogen-bond acceptors (Lipinski definition) is 7. The number of carbonyl (C=O) groups excluding carboxylic acids is 1. The third-order valence-electron chi connectivity index (χ3n) is 3.65. The highest BCUT2D eigenvalue weighted by Crippen LogP contribution is 2.45. The summed E-state index contributed by atoms with van der Waals surface area (Å²) in [5, 5.41) is 13.7. The molecule has 1 amide bonds. The number of nitrogens with one attached hydrogen (secondary N) is 1. The Bertz CT molecular complexity index is 886. The Morgan fingerprint density at radius 2 is 1.63 bits per heavy atom. The Balaban J connectivity index is 2.44. The number of hydrogen-bond donors (Lipinski definition) is 1. The first kappa shape index (κ1) is 20.3. The lowest BCUT2D eigenvalue weighted by atomic mass is 10.1. The summed E-state index contributed by atoms with van der Waals surface area (Å²) in [7, 11) is 5.63. The van der Waals surface area contributed by atoms with Crippen molar-refractivity contribution in [2.75, 3.05) is 33.8 Å². The summed E-state index contributed by atoms with van der Waals surface area (Å²) in [5.41, 5.74) is 0.162. The summed E-state index contributed by atoms with van der Waals surface area (Å²) in [5.74, 6) is 0.460. The van der Waals surface area contributed by atoms with Gasteiger partial charge in [-0.2, -0.15) is 0 Å². The fourth-order valence-corrected chi connectivity index (χ4v) is 3.03. The van der Waals surface area contributed by atoms with Gasteiger partial charge in [0.2, 0.25) is 5.75 Å². The van der Waals surface area contributed by atoms with Crippen LogP contribution in [0.4, 0.5) is 11.4 Å². The third-order valence-corrected chi connectivity index (χ3v) is 4.43. The number of nitrogens with zero attached hydrogens (tertiary/aromatic N) is 1. The molecule has 144 valence electrons. The van der Waals surface area contributed by atoms with Gasteiger partial charge in [0.1, 0.15) is 0 Å². The zero-order valence-electron chi connectivity index (χ0n) is 15.0. The maximum absolute atomic E-state index is 12.7. The highest BCUT2D eigenvalue weighted by atomic mass is 79.9. The molecule has 0 fully saturated rings. The monoisotopic (exact) mass is 440 g/mol. The lowest BCUT2D eigenvalue weighted by molar-refractivity contribution is -0.385. The van der Waals surface area contributed by atoms with Crippen LogP contribution in [0.1, 0.15) is 10.4 Å². The van der Waals surface area contributed by atoms with Crippen LogP contribution in [0.2, 0.25) is 0 Å². The number of nitro groups is 1. The van der Waals surface area contributed by atoms with E-state index in [0.29, 0.717) is 16.0 Å². The highest BCUT2D eigenvalue weighted by Gasteiger charge is 2.23. The van der Waals surface area contributed by atoms with Crippen molar-refractivity contribution in [3.8, 4) is 23.0 Å². The topological polar surface area (TPSA) is 109 Å². The van der Waals surface area contributed by atoms with Gasteiger partial charge in [-0.1, -0.05) is 0 Å². The molecule has 9 nitrogen and oxygen atoms in total. The van der Waals surface area contributed by atoms with Crippen LogP contribution in [-0.4, -0.2) is 39.3 Å². The smallest absolute Gasteiger partial charge is 0.312 e. The standard InChI is InChI=1S/C17H17BrN2O7/c1-24-12-6-5-9(7-11(12)20(22)23)19-17(21)10-8-13(25-2)15(26-3)16(27-4)14(10)18/h5-8H,1-4H3,(H,19,21). The molecule has 2 aromatic rings. The Morgan fingerprint density at radius 1 is 1.00 bits per heavy atom. The molecule has 27 heavy (non-hydrogen) atoms. The molecule has 2 rings (SSSR count). The predicted molar refractivity (Wildman–Crippen MR) is 101 cm³/mol. The van der Waals surface area contributed by atoms with Crippen LogP contribution in [0, 0.1) is 10.1 Å². The number of benzene rings is 2. The molecule has 0 aliphatic heterocycles. The Morgan fingerprint density at radius 3 is 2.15 bits per heavy atom. The SMILES string of the molecule is COc1ccc(NC(=O)c2cc(OC)c(OC)c(OC)c2Br)cc1[N+](=O)[O-]. The fraction of sp³-hybridized carbons (Fsp3) is 0.235. The Kier molecular flexibility index (Phi) is 6.45. The molecule has 0 aliphatic rings. The van der Waals surface area contributed by atoms with Crippen molar-refractivity contribution in [1.29, 1.82) is 0 Å². The largest absolute Gasteiger partial charge is 0.493 e. The minimum atomic E-state index is -0.593. The number of amides is 1. The van der Waals surface area contributed by atoms with E-state index in [1.165, 1.54) is 52.7 Å². The van der Waals surface area contributed by atoms with E-state index in [0.717, 1.165) is 0 Å². The van der Waals surface area contributed by atoms with Gasteiger partial charge in [-0.15, -0.1) is 0 Å². The van der Waals surface area contributed by atoms with Gasteiger partial charge in [0, 0.05) is 11.8 Å². The van der Waals surface area contributed by atoms with Crippen molar-refractivity contribution in [2.24, 2.45) is 0 Å². The minimum Gasteiger partial charge on any atom is -0.493 e. The van der Waals surface area contributed by atoms with Gasteiger partial charge in [-0.25, -0.2) is 0 Å². The van der Waals surface area contributed by atoms with Gasteiger partial charge in [-0.05, 0) is 34.1 Å². The summed E-state index contributed by atoms with van der Waals surface area (Å²) < 4.78 is 21.1. The summed E-state index contributed by atoms with van der Waals surface area (Å²) in [6, 6.07) is 5.58.